The van der Waals surface area contributed by atoms with Crippen molar-refractivity contribution < 1.29 is 52.1 Å². The van der Waals surface area contributed by atoms with Crippen LogP contribution in [0, 0.1) is 0 Å². The number of hydrogen-bond donors (Lipinski definition) is 0. The third-order valence-corrected chi connectivity index (χ3v) is 12.9. The second-order valence-corrected chi connectivity index (χ2v) is 18.2. The van der Waals surface area contributed by atoms with E-state index >= 15 is 0 Å². The lowest BCUT2D eigenvalue weighted by Gasteiger charge is -2.45. The van der Waals surface area contributed by atoms with Crippen molar-refractivity contribution in [2.75, 3.05) is 20.3 Å². The van der Waals surface area contributed by atoms with Gasteiger partial charge in [0.25, 0.3) is 0 Å². The Balaban J connectivity index is 1.03. The van der Waals surface area contributed by atoms with Crippen molar-refractivity contribution in [1.29, 1.82) is 0 Å². The lowest BCUT2D eigenvalue weighted by atomic mass is 9.97. The summed E-state index contributed by atoms with van der Waals surface area (Å²) in [5.41, 5.74) is 7.04. The van der Waals surface area contributed by atoms with E-state index in [0.29, 0.717) is 33.0 Å². The molecule has 11 nitrogen and oxygen atoms in total. The van der Waals surface area contributed by atoms with Crippen molar-refractivity contribution in [1.82, 2.24) is 0 Å². The number of methoxy groups -OCH3 is 1. The van der Waals surface area contributed by atoms with Gasteiger partial charge in [0.15, 0.2) is 12.6 Å². The van der Waals surface area contributed by atoms with Crippen LogP contribution in [0.4, 0.5) is 0 Å². The average Bonchev–Trinajstić information content (AvgIpc) is 3.80. The normalized spacial score (nSPS) is 23.3. The second-order valence-electron chi connectivity index (χ2n) is 18.2. The van der Waals surface area contributed by atoms with E-state index in [-0.39, 0.29) is 26.4 Å². The van der Waals surface area contributed by atoms with Gasteiger partial charge in [-0.3, -0.25) is 0 Å². The zero-order valence-corrected chi connectivity index (χ0v) is 41.3. The van der Waals surface area contributed by atoms with Gasteiger partial charge in [0, 0.05) is 7.11 Å². The highest BCUT2D eigenvalue weighted by molar-refractivity contribution is 5.19. The van der Waals surface area contributed by atoms with Crippen molar-refractivity contribution in [2.45, 2.75) is 108 Å². The van der Waals surface area contributed by atoms with Gasteiger partial charge in [0.1, 0.15) is 48.8 Å². The van der Waals surface area contributed by atoms with Gasteiger partial charge in [-0.1, -0.05) is 212 Å². The maximum atomic E-state index is 7.11. The van der Waals surface area contributed by atoms with Crippen molar-refractivity contribution in [2.24, 2.45) is 0 Å². The summed E-state index contributed by atoms with van der Waals surface area (Å²) in [6.45, 7) is 2.36. The molecular weight excluding hydrogens is 921 g/mol. The van der Waals surface area contributed by atoms with Gasteiger partial charge in [-0.15, -0.1) is 0 Å². The van der Waals surface area contributed by atoms with Crippen molar-refractivity contribution in [3.63, 3.8) is 0 Å². The van der Waals surface area contributed by atoms with Gasteiger partial charge in [-0.05, 0) is 38.9 Å². The molecule has 11 heteroatoms. The fourth-order valence-electron chi connectivity index (χ4n) is 9.12. The molecule has 9 rings (SSSR count). The Labute approximate surface area is 429 Å². The fourth-order valence-corrected chi connectivity index (χ4v) is 9.12. The first-order chi connectivity index (χ1) is 36.2. The molecular formula is C62H66O11. The molecule has 0 radical (unpaired) electrons. The minimum Gasteiger partial charge on any atom is -0.374 e. The number of benzene rings is 7. The van der Waals surface area contributed by atoms with Crippen LogP contribution in [0.2, 0.25) is 0 Å². The minimum absolute atomic E-state index is 0.00392. The summed E-state index contributed by atoms with van der Waals surface area (Å²) < 4.78 is 74.8. The first-order valence-electron chi connectivity index (χ1n) is 25.2. The first kappa shape index (κ1) is 52.0. The van der Waals surface area contributed by atoms with E-state index < -0.39 is 61.4 Å². The molecule has 2 fully saturated rings. The molecule has 2 aliphatic rings. The van der Waals surface area contributed by atoms with E-state index in [1.165, 1.54) is 0 Å². The summed E-state index contributed by atoms with van der Waals surface area (Å²) in [5, 5.41) is 0. The monoisotopic (exact) mass is 986 g/mol. The second kappa shape index (κ2) is 28.0. The van der Waals surface area contributed by atoms with E-state index in [0.717, 1.165) is 38.9 Å². The molecule has 73 heavy (non-hydrogen) atoms. The Morgan fingerprint density at radius 1 is 0.342 bits per heavy atom. The molecule has 0 aliphatic carbocycles. The molecule has 0 bridgehead atoms. The quantitative estimate of drug-likeness (QED) is 0.0492. The third-order valence-electron chi connectivity index (χ3n) is 12.9. The molecule has 10 atom stereocenters. The van der Waals surface area contributed by atoms with Crippen LogP contribution >= 0.6 is 0 Å². The molecule has 2 saturated heterocycles. The lowest BCUT2D eigenvalue weighted by Crippen LogP contribution is -2.61. The molecule has 0 saturated carbocycles. The zero-order valence-electron chi connectivity index (χ0n) is 41.3. The van der Waals surface area contributed by atoms with E-state index in [2.05, 4.69) is 0 Å². The molecule has 0 spiro atoms. The Morgan fingerprint density at radius 2 is 0.685 bits per heavy atom. The lowest BCUT2D eigenvalue weighted by molar-refractivity contribution is -0.329. The summed E-state index contributed by atoms with van der Waals surface area (Å²) in [7, 11) is 1.61. The van der Waals surface area contributed by atoms with Crippen LogP contribution in [0.1, 0.15) is 38.9 Å². The molecule has 2 aliphatic heterocycles. The Hall–Kier alpha value is -5.90. The van der Waals surface area contributed by atoms with Gasteiger partial charge in [-0.2, -0.15) is 0 Å². The predicted molar refractivity (Wildman–Crippen MR) is 276 cm³/mol. The molecule has 0 unspecified atom stereocenters. The largest absolute Gasteiger partial charge is 0.374 e. The summed E-state index contributed by atoms with van der Waals surface area (Å²) in [4.78, 5) is 0. The molecule has 7 aromatic carbocycles. The SMILES string of the molecule is CO[C@H]1O[C@H](CO[C@@H]2O[C@@H]([C@@H](COCc3ccccc3)OCc3ccccc3)[C@H](OCc3ccccc3)[C@H]2OCc2ccccc2)[C@@H](OCc2ccccc2)[C@H](OCc2ccccc2)[C@@H]1OCc1ccccc1. The topological polar surface area (TPSA) is 102 Å². The van der Waals surface area contributed by atoms with E-state index in [1.807, 2.05) is 212 Å². The minimum atomic E-state index is -0.957. The Morgan fingerprint density at radius 3 is 1.10 bits per heavy atom. The maximum absolute atomic E-state index is 7.11. The highest BCUT2D eigenvalue weighted by atomic mass is 16.8. The highest BCUT2D eigenvalue weighted by Crippen LogP contribution is 2.36. The van der Waals surface area contributed by atoms with Gasteiger partial charge >= 0.3 is 0 Å². The molecule has 0 aromatic heterocycles. The smallest absolute Gasteiger partial charge is 0.187 e. The van der Waals surface area contributed by atoms with Crippen molar-refractivity contribution in [3.05, 3.63) is 251 Å². The summed E-state index contributed by atoms with van der Waals surface area (Å²) in [6, 6.07) is 70.4. The summed E-state index contributed by atoms with van der Waals surface area (Å²) in [6.07, 6.45) is -7.29. The predicted octanol–water partition coefficient (Wildman–Crippen LogP) is 10.8. The van der Waals surface area contributed by atoms with E-state index in [9.17, 15) is 0 Å². The number of rotatable bonds is 27. The van der Waals surface area contributed by atoms with Crippen LogP contribution in [-0.4, -0.2) is 81.7 Å². The molecule has 7 aromatic rings. The molecule has 0 amide bonds. The van der Waals surface area contributed by atoms with Crippen LogP contribution in [0.5, 0.6) is 0 Å². The Kier molecular flexibility index (Phi) is 19.9. The van der Waals surface area contributed by atoms with Gasteiger partial charge in [0.05, 0.1) is 59.5 Å². The Bertz CT molecular complexity index is 2560. The van der Waals surface area contributed by atoms with E-state index in [1.54, 1.807) is 7.11 Å². The maximum Gasteiger partial charge on any atom is 0.187 e. The van der Waals surface area contributed by atoms with Gasteiger partial charge < -0.3 is 52.1 Å². The van der Waals surface area contributed by atoms with Gasteiger partial charge in [-0.25, -0.2) is 0 Å². The van der Waals surface area contributed by atoms with Crippen LogP contribution < -0.4 is 0 Å². The summed E-state index contributed by atoms with van der Waals surface area (Å²) >= 11 is 0. The molecule has 2 heterocycles. The van der Waals surface area contributed by atoms with Crippen LogP contribution in [0.3, 0.4) is 0 Å². The van der Waals surface area contributed by atoms with Crippen molar-refractivity contribution >= 4 is 0 Å². The first-order valence-corrected chi connectivity index (χ1v) is 25.2. The molecule has 380 valence electrons. The average molecular weight is 987 g/mol. The number of hydrogen-bond acceptors (Lipinski definition) is 11. The van der Waals surface area contributed by atoms with E-state index in [4.69, 9.17) is 52.1 Å². The molecule has 0 N–H and O–H groups in total. The highest BCUT2D eigenvalue weighted by Gasteiger charge is 2.53. The standard InChI is InChI=1S/C62H66O11/c1-63-61-59(69-42-51-33-19-7-20-34-51)57(67-40-49-29-15-5-16-30-49)55(66-39-48-27-13-4-14-28-48)54(72-61)45-71-62-60(70-43-52-35-21-8-22-36-52)58(68-41-50-31-17-6-18-32-50)56(73-62)53(65-38-47-25-11-3-12-26-47)44-64-37-46-23-9-2-10-24-46/h2-36,53-62H,37-45H2,1H3/t53-,54-,55-,56+,57+,58+,59+,60-,61+,62-/m1/s1. The van der Waals surface area contributed by atoms with Crippen LogP contribution in [0.15, 0.2) is 212 Å². The number of ether oxygens (including phenoxy) is 11. The third kappa shape index (κ3) is 15.3. The zero-order chi connectivity index (χ0) is 49.7. The van der Waals surface area contributed by atoms with Crippen LogP contribution in [-0.2, 0) is 98.4 Å². The van der Waals surface area contributed by atoms with Crippen LogP contribution in [0.25, 0.3) is 0 Å². The van der Waals surface area contributed by atoms with Crippen molar-refractivity contribution in [3.8, 4) is 0 Å². The summed E-state index contributed by atoms with van der Waals surface area (Å²) in [5.74, 6) is 0. The fraction of sp³-hybridized carbons (Fsp3) is 0.323. The van der Waals surface area contributed by atoms with Gasteiger partial charge in [0.2, 0.25) is 0 Å².